The maximum atomic E-state index is 12.3. The Bertz CT molecular complexity index is 425. The lowest BCUT2D eigenvalue weighted by molar-refractivity contribution is -0.882. The summed E-state index contributed by atoms with van der Waals surface area (Å²) in [4.78, 5) is 12.3. The van der Waals surface area contributed by atoms with E-state index >= 15 is 0 Å². The molecule has 0 spiro atoms. The Hall–Kier alpha value is -1.15. The molecule has 0 unspecified atom stereocenters. The van der Waals surface area contributed by atoms with Gasteiger partial charge in [0.15, 0.2) is 0 Å². The zero-order valence-electron chi connectivity index (χ0n) is 15.5. The van der Waals surface area contributed by atoms with E-state index in [9.17, 15) is 4.79 Å². The highest BCUT2D eigenvalue weighted by Gasteiger charge is 2.20. The number of ketones is 1. The molecule has 0 saturated heterocycles. The largest absolute Gasteiger partial charge is 0.322 e. The average molecular weight is 319 g/mol. The predicted molar refractivity (Wildman–Crippen MR) is 99.8 cm³/mol. The van der Waals surface area contributed by atoms with Crippen LogP contribution in [0.2, 0.25) is 0 Å². The normalized spacial score (nSPS) is 11.6. The molecule has 0 saturated carbocycles. The monoisotopic (exact) mass is 318 g/mol. The Kier molecular flexibility index (Phi) is 9.86. The van der Waals surface area contributed by atoms with E-state index in [-0.39, 0.29) is 5.78 Å². The van der Waals surface area contributed by atoms with E-state index in [2.05, 4.69) is 21.0 Å². The Morgan fingerprint density at radius 2 is 1.35 bits per heavy atom. The molecule has 1 aromatic rings. The number of likely N-dealkylation sites (N-methyl/N-ethyl adjacent to an activating group) is 1. The predicted octanol–water partition coefficient (Wildman–Crippen LogP) is 5.48. The molecule has 0 fully saturated rings. The van der Waals surface area contributed by atoms with Crippen molar-refractivity contribution in [3.05, 3.63) is 35.9 Å². The standard InChI is InChI=1S/C21H36NO/c1-4-5-6-7-8-9-10-11-15-18-22(2,3)19-21(23)20-16-13-12-14-17-20/h12-14,16-17H,4-11,15,18-19H2,1-3H3/q+1. The van der Waals surface area contributed by atoms with Crippen LogP contribution in [0, 0.1) is 0 Å². The highest BCUT2D eigenvalue weighted by Crippen LogP contribution is 2.12. The van der Waals surface area contributed by atoms with Crippen LogP contribution in [-0.4, -0.2) is 37.5 Å². The van der Waals surface area contributed by atoms with Crippen LogP contribution >= 0.6 is 0 Å². The number of carbonyl (C=O) groups excluding carboxylic acids is 1. The molecule has 0 aliphatic carbocycles. The van der Waals surface area contributed by atoms with Crippen molar-refractivity contribution < 1.29 is 9.28 Å². The highest BCUT2D eigenvalue weighted by atomic mass is 16.1. The van der Waals surface area contributed by atoms with Crippen molar-refractivity contribution in [1.82, 2.24) is 0 Å². The number of hydrogen-bond donors (Lipinski definition) is 0. The van der Waals surface area contributed by atoms with Crippen LogP contribution in [0.5, 0.6) is 0 Å². The molecule has 0 N–H and O–H groups in total. The summed E-state index contributed by atoms with van der Waals surface area (Å²) in [6, 6.07) is 9.67. The van der Waals surface area contributed by atoms with Gasteiger partial charge in [0.05, 0.1) is 20.6 Å². The first-order valence-corrected chi connectivity index (χ1v) is 9.45. The minimum Gasteiger partial charge on any atom is -0.322 e. The summed E-state index contributed by atoms with van der Waals surface area (Å²) in [7, 11) is 4.34. The number of hydrogen-bond acceptors (Lipinski definition) is 1. The Morgan fingerprint density at radius 1 is 0.826 bits per heavy atom. The molecule has 0 aromatic heterocycles. The lowest BCUT2D eigenvalue weighted by Gasteiger charge is -2.29. The molecule has 23 heavy (non-hydrogen) atoms. The second-order valence-electron chi connectivity index (χ2n) is 7.44. The molecule has 0 aliphatic rings. The summed E-state index contributed by atoms with van der Waals surface area (Å²) in [5.74, 6) is 0.256. The lowest BCUT2D eigenvalue weighted by Crippen LogP contribution is -2.44. The van der Waals surface area contributed by atoms with Crippen LogP contribution in [0.4, 0.5) is 0 Å². The number of nitrogens with zero attached hydrogens (tertiary/aromatic N) is 1. The number of carbonyl (C=O) groups is 1. The smallest absolute Gasteiger partial charge is 0.216 e. The molecular formula is C21H36NO+. The number of rotatable bonds is 13. The van der Waals surface area contributed by atoms with Gasteiger partial charge in [-0.2, -0.15) is 0 Å². The van der Waals surface area contributed by atoms with Gasteiger partial charge in [-0.25, -0.2) is 0 Å². The molecule has 2 nitrogen and oxygen atoms in total. The summed E-state index contributed by atoms with van der Waals surface area (Å²) >= 11 is 0. The van der Waals surface area contributed by atoms with Crippen molar-refractivity contribution in [3.8, 4) is 0 Å². The van der Waals surface area contributed by atoms with Gasteiger partial charge in [-0.15, -0.1) is 0 Å². The quantitative estimate of drug-likeness (QED) is 0.267. The zero-order valence-corrected chi connectivity index (χ0v) is 15.5. The maximum absolute atomic E-state index is 12.3. The van der Waals surface area contributed by atoms with Crippen LogP contribution in [0.25, 0.3) is 0 Å². The molecule has 0 atom stereocenters. The highest BCUT2D eigenvalue weighted by molar-refractivity contribution is 5.96. The van der Waals surface area contributed by atoms with Crippen molar-refractivity contribution in [1.29, 1.82) is 0 Å². The van der Waals surface area contributed by atoms with E-state index in [1.165, 1.54) is 57.8 Å². The third kappa shape index (κ3) is 9.55. The molecule has 0 bridgehead atoms. The fourth-order valence-corrected chi connectivity index (χ4v) is 3.03. The van der Waals surface area contributed by atoms with Crippen LogP contribution in [-0.2, 0) is 0 Å². The van der Waals surface area contributed by atoms with Gasteiger partial charge in [0, 0.05) is 5.56 Å². The average Bonchev–Trinajstić information content (AvgIpc) is 2.53. The van der Waals surface area contributed by atoms with Gasteiger partial charge >= 0.3 is 0 Å². The third-order valence-electron chi connectivity index (χ3n) is 4.53. The van der Waals surface area contributed by atoms with Crippen LogP contribution in [0.3, 0.4) is 0 Å². The lowest BCUT2D eigenvalue weighted by atomic mass is 10.1. The number of quaternary nitrogens is 1. The first-order chi connectivity index (χ1) is 11.0. The zero-order chi connectivity index (χ0) is 17.0. The molecule has 0 aliphatic heterocycles. The number of Topliss-reactive ketones (excluding diaryl/α,β-unsaturated/α-hetero) is 1. The second-order valence-corrected chi connectivity index (χ2v) is 7.44. The fourth-order valence-electron chi connectivity index (χ4n) is 3.03. The van der Waals surface area contributed by atoms with E-state index in [4.69, 9.17) is 0 Å². The van der Waals surface area contributed by atoms with E-state index in [0.717, 1.165) is 16.6 Å². The summed E-state index contributed by atoms with van der Waals surface area (Å²) in [6.45, 7) is 3.96. The van der Waals surface area contributed by atoms with Crippen LogP contribution in [0.15, 0.2) is 30.3 Å². The van der Waals surface area contributed by atoms with E-state index < -0.39 is 0 Å². The summed E-state index contributed by atoms with van der Waals surface area (Å²) < 4.78 is 0.796. The summed E-state index contributed by atoms with van der Waals surface area (Å²) in [5, 5.41) is 0. The maximum Gasteiger partial charge on any atom is 0.216 e. The summed E-state index contributed by atoms with van der Waals surface area (Å²) in [6.07, 6.45) is 12.2. The minimum absolute atomic E-state index is 0.256. The van der Waals surface area contributed by atoms with Crippen molar-refractivity contribution in [2.24, 2.45) is 0 Å². The first kappa shape index (κ1) is 19.9. The van der Waals surface area contributed by atoms with Crippen LogP contribution in [0.1, 0.15) is 75.1 Å². The van der Waals surface area contributed by atoms with E-state index in [1.807, 2.05) is 30.3 Å². The molecule has 2 heteroatoms. The topological polar surface area (TPSA) is 17.1 Å². The molecule has 1 aromatic carbocycles. The second kappa shape index (κ2) is 11.4. The summed E-state index contributed by atoms with van der Waals surface area (Å²) in [5.41, 5.74) is 0.839. The van der Waals surface area contributed by atoms with Crippen molar-refractivity contribution in [2.45, 2.75) is 64.7 Å². The fraction of sp³-hybridized carbons (Fsp3) is 0.667. The molecule has 0 heterocycles. The van der Waals surface area contributed by atoms with Gasteiger partial charge in [0.2, 0.25) is 5.78 Å². The molecule has 130 valence electrons. The molecule has 0 amide bonds. The third-order valence-corrected chi connectivity index (χ3v) is 4.53. The van der Waals surface area contributed by atoms with Gasteiger partial charge in [0.25, 0.3) is 0 Å². The van der Waals surface area contributed by atoms with Crippen molar-refractivity contribution >= 4 is 5.78 Å². The molecular weight excluding hydrogens is 282 g/mol. The first-order valence-electron chi connectivity index (χ1n) is 9.45. The van der Waals surface area contributed by atoms with Gasteiger partial charge in [-0.1, -0.05) is 82.2 Å². The van der Waals surface area contributed by atoms with Gasteiger partial charge in [-0.05, 0) is 12.8 Å². The Morgan fingerprint density at radius 3 is 1.91 bits per heavy atom. The van der Waals surface area contributed by atoms with E-state index in [0.29, 0.717) is 6.54 Å². The Labute approximate surface area is 143 Å². The van der Waals surface area contributed by atoms with Gasteiger partial charge in [0.1, 0.15) is 6.54 Å². The van der Waals surface area contributed by atoms with E-state index in [1.54, 1.807) is 0 Å². The minimum atomic E-state index is 0.256. The molecule has 0 radical (unpaired) electrons. The Balaban J connectivity index is 2.12. The number of benzene rings is 1. The van der Waals surface area contributed by atoms with Gasteiger partial charge in [-0.3, -0.25) is 4.79 Å². The van der Waals surface area contributed by atoms with Crippen LogP contribution < -0.4 is 0 Å². The number of unbranched alkanes of at least 4 members (excludes halogenated alkanes) is 8. The molecule has 1 rings (SSSR count). The van der Waals surface area contributed by atoms with Crippen molar-refractivity contribution in [3.63, 3.8) is 0 Å². The van der Waals surface area contributed by atoms with Crippen molar-refractivity contribution in [2.75, 3.05) is 27.2 Å². The van der Waals surface area contributed by atoms with Gasteiger partial charge < -0.3 is 4.48 Å². The SMILES string of the molecule is CCCCCCCCCCC[N+](C)(C)CC(=O)c1ccccc1.